The molecule has 2 aromatic rings. The van der Waals surface area contributed by atoms with Crippen LogP contribution >= 0.6 is 0 Å². The van der Waals surface area contributed by atoms with Crippen LogP contribution in [-0.4, -0.2) is 49.6 Å². The molecule has 174 valence electrons. The van der Waals surface area contributed by atoms with Gasteiger partial charge in [0.15, 0.2) is 11.6 Å². The summed E-state index contributed by atoms with van der Waals surface area (Å²) < 4.78 is 124. The van der Waals surface area contributed by atoms with Gasteiger partial charge in [-0.25, -0.2) is 9.97 Å². The molecular formula is C14H8F6N4O6S2. The van der Waals surface area contributed by atoms with Crippen LogP contribution in [0.1, 0.15) is 0 Å². The van der Waals surface area contributed by atoms with E-state index in [9.17, 15) is 52.8 Å². The second-order valence-electron chi connectivity index (χ2n) is 5.42. The third kappa shape index (κ3) is 4.49. The quantitative estimate of drug-likeness (QED) is 0.450. The van der Waals surface area contributed by atoms with Crippen LogP contribution in [0.4, 0.5) is 38.0 Å². The van der Waals surface area contributed by atoms with Gasteiger partial charge >= 0.3 is 42.9 Å². The Morgan fingerprint density at radius 2 is 0.969 bits per heavy atom. The van der Waals surface area contributed by atoms with E-state index in [-0.39, 0.29) is 0 Å². The molecule has 0 saturated carbocycles. The number of nitrogens with zero attached hydrogens (tertiary/aromatic N) is 4. The van der Waals surface area contributed by atoms with Crippen LogP contribution in [0.15, 0.2) is 48.8 Å². The maximum Gasteiger partial charge on any atom is 0.517 e. The molecule has 18 heteroatoms. The number of pyridine rings is 2. The summed E-state index contributed by atoms with van der Waals surface area (Å²) in [7, 11) is -13.5. The predicted molar refractivity (Wildman–Crippen MR) is 93.4 cm³/mol. The molecule has 0 aliphatic carbocycles. The first-order chi connectivity index (χ1) is 14.5. The van der Waals surface area contributed by atoms with Gasteiger partial charge < -0.3 is 0 Å². The summed E-state index contributed by atoms with van der Waals surface area (Å²) in [4.78, 5) is 31.3. The molecular weight excluding hydrogens is 498 g/mol. The Bertz CT molecular complexity index is 1120. The zero-order valence-electron chi connectivity index (χ0n) is 14.9. The largest absolute Gasteiger partial charge is 0.517 e. The van der Waals surface area contributed by atoms with Gasteiger partial charge in [-0.15, -0.1) is 0 Å². The van der Waals surface area contributed by atoms with E-state index in [0.29, 0.717) is 24.5 Å². The third-order valence-corrected chi connectivity index (χ3v) is 6.17. The van der Waals surface area contributed by atoms with E-state index in [1.807, 2.05) is 0 Å². The van der Waals surface area contributed by atoms with Crippen molar-refractivity contribution in [2.75, 3.05) is 8.61 Å². The van der Waals surface area contributed by atoms with E-state index in [4.69, 9.17) is 0 Å². The Balaban J connectivity index is 2.75. The molecule has 0 spiro atoms. The molecule has 0 radical (unpaired) electrons. The number of carbonyl (C=O) groups excluding carboxylic acids is 2. The lowest BCUT2D eigenvalue weighted by Crippen LogP contribution is -2.55. The molecule has 32 heavy (non-hydrogen) atoms. The van der Waals surface area contributed by atoms with Gasteiger partial charge in [0.25, 0.3) is 0 Å². The minimum absolute atomic E-state index is 0.512. The van der Waals surface area contributed by atoms with Crippen molar-refractivity contribution in [2.45, 2.75) is 11.0 Å². The highest BCUT2D eigenvalue weighted by Crippen LogP contribution is 2.33. The van der Waals surface area contributed by atoms with Crippen molar-refractivity contribution in [3.63, 3.8) is 0 Å². The van der Waals surface area contributed by atoms with E-state index >= 15 is 0 Å². The zero-order chi connectivity index (χ0) is 24.5. The van der Waals surface area contributed by atoms with E-state index in [1.165, 1.54) is 0 Å². The molecule has 0 N–H and O–H groups in total. The lowest BCUT2D eigenvalue weighted by Gasteiger charge is -2.26. The predicted octanol–water partition coefficient (Wildman–Crippen LogP) is 1.54. The minimum atomic E-state index is -6.76. The number of halogens is 6. The molecule has 0 atom stereocenters. The SMILES string of the molecule is O=C(C(=O)N(c1ccccn1)S(=O)(=O)C(F)(F)F)N(c1ccccn1)S(=O)(=O)C(F)(F)F. The minimum Gasteiger partial charge on any atom is -0.262 e. The van der Waals surface area contributed by atoms with Crippen molar-refractivity contribution in [3.05, 3.63) is 48.8 Å². The number of carbonyl (C=O) groups is 2. The Morgan fingerprint density at radius 3 is 1.19 bits per heavy atom. The summed E-state index contributed by atoms with van der Waals surface area (Å²) in [5.41, 5.74) is -12.4. The van der Waals surface area contributed by atoms with Crippen molar-refractivity contribution in [1.29, 1.82) is 0 Å². The molecule has 0 saturated heterocycles. The van der Waals surface area contributed by atoms with Crippen molar-refractivity contribution in [2.24, 2.45) is 0 Å². The summed E-state index contributed by atoms with van der Waals surface area (Å²) in [6, 6.07) is 4.95. The summed E-state index contributed by atoms with van der Waals surface area (Å²) in [5, 5.41) is 0. The molecule has 2 aromatic heterocycles. The lowest BCUT2D eigenvalue weighted by molar-refractivity contribution is -0.135. The molecule has 0 aromatic carbocycles. The van der Waals surface area contributed by atoms with Gasteiger partial charge in [-0.1, -0.05) is 12.1 Å². The first kappa shape index (κ1) is 25.0. The van der Waals surface area contributed by atoms with E-state index < -0.39 is 63.1 Å². The Labute approximate surface area is 175 Å². The summed E-state index contributed by atoms with van der Waals surface area (Å²) in [6.45, 7) is 0. The van der Waals surface area contributed by atoms with Crippen molar-refractivity contribution in [3.8, 4) is 0 Å². The Morgan fingerprint density at radius 1 is 0.656 bits per heavy atom. The maximum absolute atomic E-state index is 13.1. The van der Waals surface area contributed by atoms with Crippen LogP contribution in [0.3, 0.4) is 0 Å². The second-order valence-corrected chi connectivity index (χ2v) is 8.97. The summed E-state index contributed by atoms with van der Waals surface area (Å²) >= 11 is 0. The van der Waals surface area contributed by atoms with Gasteiger partial charge in [-0.05, 0) is 24.3 Å². The van der Waals surface area contributed by atoms with Gasteiger partial charge in [0, 0.05) is 12.4 Å². The van der Waals surface area contributed by atoms with E-state index in [1.54, 1.807) is 0 Å². The lowest BCUT2D eigenvalue weighted by atomic mass is 10.4. The molecule has 0 unspecified atom stereocenters. The highest BCUT2D eigenvalue weighted by molar-refractivity contribution is 7.95. The van der Waals surface area contributed by atoms with Crippen molar-refractivity contribution in [1.82, 2.24) is 9.97 Å². The normalized spacial score (nSPS) is 12.8. The Kier molecular flexibility index (Phi) is 6.51. The number of amides is 2. The van der Waals surface area contributed by atoms with Crippen LogP contribution in [0.2, 0.25) is 0 Å². The van der Waals surface area contributed by atoms with Gasteiger partial charge in [-0.2, -0.15) is 51.8 Å². The van der Waals surface area contributed by atoms with Crippen LogP contribution in [0.5, 0.6) is 0 Å². The Hall–Kier alpha value is -3.28. The molecule has 2 heterocycles. The number of hydrogen-bond acceptors (Lipinski definition) is 8. The number of sulfonamides is 2. The first-order valence-electron chi connectivity index (χ1n) is 7.67. The fourth-order valence-electron chi connectivity index (χ4n) is 2.00. The van der Waals surface area contributed by atoms with Crippen LogP contribution in [-0.2, 0) is 29.6 Å². The number of hydrogen-bond donors (Lipinski definition) is 0. The summed E-state index contributed by atoms with van der Waals surface area (Å²) in [6.07, 6.45) is 1.41. The fraction of sp³-hybridized carbons (Fsp3) is 0.143. The number of alkyl halides is 6. The van der Waals surface area contributed by atoms with Gasteiger partial charge in [-0.3, -0.25) is 9.59 Å². The number of anilines is 2. The summed E-state index contributed by atoms with van der Waals surface area (Å²) in [5.74, 6) is -8.32. The van der Waals surface area contributed by atoms with Crippen LogP contribution in [0, 0.1) is 0 Å². The average Bonchev–Trinajstić information content (AvgIpc) is 2.67. The molecule has 0 fully saturated rings. The maximum atomic E-state index is 13.1. The fourth-order valence-corrected chi connectivity index (χ4v) is 3.72. The second kappa shape index (κ2) is 8.34. The van der Waals surface area contributed by atoms with Crippen LogP contribution in [0.25, 0.3) is 0 Å². The number of rotatable bonds is 4. The van der Waals surface area contributed by atoms with Gasteiger partial charge in [0.2, 0.25) is 0 Å². The molecule has 0 aliphatic rings. The topological polar surface area (TPSA) is 135 Å². The molecule has 0 bridgehead atoms. The third-order valence-electron chi connectivity index (χ3n) is 3.33. The van der Waals surface area contributed by atoms with Crippen LogP contribution < -0.4 is 8.61 Å². The van der Waals surface area contributed by atoms with E-state index in [2.05, 4.69) is 9.97 Å². The zero-order valence-corrected chi connectivity index (χ0v) is 16.6. The monoisotopic (exact) mass is 506 g/mol. The molecule has 0 aliphatic heterocycles. The molecule has 2 rings (SSSR count). The van der Waals surface area contributed by atoms with Gasteiger partial charge in [0.1, 0.15) is 0 Å². The standard InChI is InChI=1S/C14H8F6N4O6S2/c15-13(16,17)31(27,28)23(9-5-1-3-7-21-9)11(25)12(26)24(10-6-2-4-8-22-10)32(29,30)14(18,19)20/h1-8H. The van der Waals surface area contributed by atoms with E-state index in [0.717, 1.165) is 24.3 Å². The molecule has 2 amide bonds. The average molecular weight is 506 g/mol. The highest BCUT2D eigenvalue weighted by atomic mass is 32.2. The first-order valence-corrected chi connectivity index (χ1v) is 10.5. The van der Waals surface area contributed by atoms with Crippen molar-refractivity contribution >= 4 is 43.5 Å². The smallest absolute Gasteiger partial charge is 0.262 e. The number of aromatic nitrogens is 2. The van der Waals surface area contributed by atoms with Crippen molar-refractivity contribution < 1.29 is 52.8 Å². The molecule has 10 nitrogen and oxygen atoms in total. The highest BCUT2D eigenvalue weighted by Gasteiger charge is 2.58. The van der Waals surface area contributed by atoms with Gasteiger partial charge in [0.05, 0.1) is 0 Å².